The highest BCUT2D eigenvalue weighted by molar-refractivity contribution is 9.10. The zero-order valence-electron chi connectivity index (χ0n) is 11.2. The first-order valence-electron chi connectivity index (χ1n) is 6.15. The smallest absolute Gasteiger partial charge is 0.129 e. The fourth-order valence-electron chi connectivity index (χ4n) is 2.17. The minimum Gasteiger partial charge on any atom is -0.383 e. The Morgan fingerprint density at radius 3 is 2.65 bits per heavy atom. The molecule has 0 amide bonds. The fraction of sp³-hybridized carbons (Fsp3) is 0.143. The van der Waals surface area contributed by atoms with E-state index in [0.29, 0.717) is 5.82 Å². The molecule has 0 saturated carbocycles. The second-order valence-corrected chi connectivity index (χ2v) is 5.43. The van der Waals surface area contributed by atoms with E-state index in [0.717, 1.165) is 27.1 Å². The molecule has 2 heterocycles. The van der Waals surface area contributed by atoms with Crippen LogP contribution in [0.2, 0.25) is 0 Å². The van der Waals surface area contributed by atoms with Crippen LogP contribution in [-0.4, -0.2) is 19.3 Å². The molecule has 3 rings (SSSR count). The van der Waals surface area contributed by atoms with Crippen LogP contribution in [0.5, 0.6) is 0 Å². The Morgan fingerprint density at radius 1 is 1.30 bits per heavy atom. The number of benzene rings is 1. The molecule has 0 saturated heterocycles. The van der Waals surface area contributed by atoms with Crippen molar-refractivity contribution in [2.24, 2.45) is 7.05 Å². The molecule has 0 radical (unpaired) electrons. The molecular formula is C14H14BrN5. The molecule has 0 atom stereocenters. The molecule has 3 aromatic rings. The molecule has 2 aromatic heterocycles. The quantitative estimate of drug-likeness (QED) is 0.785. The van der Waals surface area contributed by atoms with Gasteiger partial charge in [0.15, 0.2) is 0 Å². The van der Waals surface area contributed by atoms with Crippen LogP contribution < -0.4 is 5.73 Å². The van der Waals surface area contributed by atoms with Crippen molar-refractivity contribution in [3.05, 3.63) is 47.1 Å². The fourth-order valence-corrected chi connectivity index (χ4v) is 2.74. The third kappa shape index (κ3) is 2.02. The van der Waals surface area contributed by atoms with Crippen molar-refractivity contribution >= 4 is 21.7 Å². The maximum absolute atomic E-state index is 6.01. The molecule has 0 unspecified atom stereocenters. The van der Waals surface area contributed by atoms with Gasteiger partial charge in [0.2, 0.25) is 0 Å². The summed E-state index contributed by atoms with van der Waals surface area (Å²) in [6.07, 6.45) is 5.50. The Bertz CT molecular complexity index is 772. The van der Waals surface area contributed by atoms with Crippen LogP contribution in [0.15, 0.2) is 41.3 Å². The third-order valence-corrected chi connectivity index (χ3v) is 3.96. The van der Waals surface area contributed by atoms with Crippen molar-refractivity contribution in [1.29, 1.82) is 0 Å². The number of halogens is 1. The number of hydrogen-bond donors (Lipinski definition) is 1. The lowest BCUT2D eigenvalue weighted by atomic mass is 10.1. The molecule has 0 aliphatic heterocycles. The predicted molar refractivity (Wildman–Crippen MR) is 82.6 cm³/mol. The minimum absolute atomic E-state index is 0.656. The van der Waals surface area contributed by atoms with Gasteiger partial charge in [-0.1, -0.05) is 6.07 Å². The minimum atomic E-state index is 0.656. The molecule has 0 spiro atoms. The molecule has 20 heavy (non-hydrogen) atoms. The molecule has 0 bridgehead atoms. The summed E-state index contributed by atoms with van der Waals surface area (Å²) in [6, 6.07) is 6.12. The van der Waals surface area contributed by atoms with E-state index in [-0.39, 0.29) is 0 Å². The average molecular weight is 332 g/mol. The van der Waals surface area contributed by atoms with Gasteiger partial charge in [-0.25, -0.2) is 4.98 Å². The largest absolute Gasteiger partial charge is 0.383 e. The highest BCUT2D eigenvalue weighted by Crippen LogP contribution is 2.31. The monoisotopic (exact) mass is 331 g/mol. The molecule has 6 heteroatoms. The van der Waals surface area contributed by atoms with Crippen LogP contribution >= 0.6 is 15.9 Å². The van der Waals surface area contributed by atoms with Crippen LogP contribution in [0.1, 0.15) is 5.82 Å². The van der Waals surface area contributed by atoms with E-state index in [2.05, 4.69) is 26.0 Å². The van der Waals surface area contributed by atoms with E-state index < -0.39 is 0 Å². The number of aryl methyl sites for hydroxylation is 2. The highest BCUT2D eigenvalue weighted by atomic mass is 79.9. The van der Waals surface area contributed by atoms with Gasteiger partial charge in [-0.15, -0.1) is 0 Å². The van der Waals surface area contributed by atoms with Crippen molar-refractivity contribution in [2.45, 2.75) is 6.92 Å². The summed E-state index contributed by atoms with van der Waals surface area (Å²) >= 11 is 3.61. The summed E-state index contributed by atoms with van der Waals surface area (Å²) in [5.41, 5.74) is 9.02. The Morgan fingerprint density at radius 2 is 2.10 bits per heavy atom. The van der Waals surface area contributed by atoms with Gasteiger partial charge in [-0.05, 0) is 40.5 Å². The number of nitrogen functional groups attached to an aromatic ring is 1. The molecule has 0 aliphatic rings. The number of anilines is 1. The van der Waals surface area contributed by atoms with E-state index in [1.165, 1.54) is 0 Å². The molecule has 5 nitrogen and oxygen atoms in total. The topological polar surface area (TPSA) is 61.7 Å². The summed E-state index contributed by atoms with van der Waals surface area (Å²) in [4.78, 5) is 4.24. The maximum atomic E-state index is 6.01. The second kappa shape index (κ2) is 4.79. The normalized spacial score (nSPS) is 10.9. The molecule has 2 N–H and O–H groups in total. The lowest BCUT2D eigenvalue weighted by Gasteiger charge is -2.09. The zero-order valence-corrected chi connectivity index (χ0v) is 12.8. The number of rotatable bonds is 2. The summed E-state index contributed by atoms with van der Waals surface area (Å²) in [7, 11) is 1.83. The first-order valence-corrected chi connectivity index (χ1v) is 6.95. The molecule has 0 fully saturated rings. The third-order valence-electron chi connectivity index (χ3n) is 3.33. The first kappa shape index (κ1) is 12.9. The Balaban J connectivity index is 2.08. The van der Waals surface area contributed by atoms with E-state index in [1.807, 2.05) is 42.9 Å². The van der Waals surface area contributed by atoms with Crippen molar-refractivity contribution in [2.75, 3.05) is 5.73 Å². The summed E-state index contributed by atoms with van der Waals surface area (Å²) in [5.74, 6) is 1.60. The zero-order chi connectivity index (χ0) is 14.3. The summed E-state index contributed by atoms with van der Waals surface area (Å²) in [6.45, 7) is 1.97. The Labute approximate surface area is 125 Å². The first-order chi connectivity index (χ1) is 9.58. The lowest BCUT2D eigenvalue weighted by molar-refractivity contribution is 0.779. The molecule has 1 aromatic carbocycles. The van der Waals surface area contributed by atoms with E-state index >= 15 is 0 Å². The Hall–Kier alpha value is -2.08. The van der Waals surface area contributed by atoms with Gasteiger partial charge in [-0.3, -0.25) is 4.68 Å². The molecular weight excluding hydrogens is 318 g/mol. The van der Waals surface area contributed by atoms with E-state index in [9.17, 15) is 0 Å². The molecule has 102 valence electrons. The number of aromatic nitrogens is 4. The number of nitrogens with two attached hydrogens (primary N) is 1. The van der Waals surface area contributed by atoms with Crippen LogP contribution in [0.25, 0.3) is 16.8 Å². The van der Waals surface area contributed by atoms with Crippen molar-refractivity contribution in [1.82, 2.24) is 19.3 Å². The average Bonchev–Trinajstić information content (AvgIpc) is 2.98. The summed E-state index contributed by atoms with van der Waals surface area (Å²) < 4.78 is 4.68. The van der Waals surface area contributed by atoms with Gasteiger partial charge >= 0.3 is 0 Å². The van der Waals surface area contributed by atoms with Crippen molar-refractivity contribution in [3.8, 4) is 16.8 Å². The number of hydrogen-bond acceptors (Lipinski definition) is 3. The number of imidazole rings is 1. The van der Waals surface area contributed by atoms with E-state index in [1.54, 1.807) is 17.1 Å². The summed E-state index contributed by atoms with van der Waals surface area (Å²) in [5, 5.41) is 4.17. The van der Waals surface area contributed by atoms with Gasteiger partial charge in [-0.2, -0.15) is 5.10 Å². The van der Waals surface area contributed by atoms with Crippen LogP contribution in [0.4, 0.5) is 5.82 Å². The predicted octanol–water partition coefficient (Wildman–Crippen LogP) is 2.93. The van der Waals surface area contributed by atoms with Crippen LogP contribution in [0, 0.1) is 6.92 Å². The highest BCUT2D eigenvalue weighted by Gasteiger charge is 2.11. The SMILES string of the molecule is Cc1nccn1-c1ccc(-c2cnn(C)c2N)cc1Br. The van der Waals surface area contributed by atoms with Crippen molar-refractivity contribution < 1.29 is 0 Å². The van der Waals surface area contributed by atoms with Gasteiger partial charge in [0.25, 0.3) is 0 Å². The lowest BCUT2D eigenvalue weighted by Crippen LogP contribution is -1.99. The standard InChI is InChI=1S/C14H14BrN5/c1-9-17-5-6-20(9)13-4-3-10(7-12(13)15)11-8-18-19(2)14(11)16/h3-8H,16H2,1-2H3. The van der Waals surface area contributed by atoms with Gasteiger partial charge in [0, 0.05) is 29.5 Å². The second-order valence-electron chi connectivity index (χ2n) is 4.58. The van der Waals surface area contributed by atoms with Crippen LogP contribution in [-0.2, 0) is 7.05 Å². The Kier molecular flexibility index (Phi) is 3.10. The maximum Gasteiger partial charge on any atom is 0.129 e. The van der Waals surface area contributed by atoms with Crippen LogP contribution in [0.3, 0.4) is 0 Å². The van der Waals surface area contributed by atoms with Gasteiger partial charge in [0.05, 0.1) is 11.9 Å². The van der Waals surface area contributed by atoms with E-state index in [4.69, 9.17) is 5.73 Å². The van der Waals surface area contributed by atoms with Gasteiger partial charge < -0.3 is 10.3 Å². The molecule has 0 aliphatic carbocycles. The van der Waals surface area contributed by atoms with Gasteiger partial charge in [0.1, 0.15) is 11.6 Å². The number of nitrogens with zero attached hydrogens (tertiary/aromatic N) is 4. The van der Waals surface area contributed by atoms with Crippen molar-refractivity contribution in [3.63, 3.8) is 0 Å².